The lowest BCUT2D eigenvalue weighted by Crippen LogP contribution is -2.45. The van der Waals surface area contributed by atoms with Crippen LogP contribution in [0.3, 0.4) is 0 Å². The SMILES string of the molecule is Cc1ccc(-c2nnc(CCC(=O)N3CCCC(CN(C)C(=O)OC(C)(C)C)C3)o2)cc1. The number of likely N-dealkylation sites (tertiary alicyclic amines) is 1. The number of aromatic nitrogens is 2. The topological polar surface area (TPSA) is 88.8 Å². The molecule has 1 atom stereocenters. The van der Waals surface area contributed by atoms with Gasteiger partial charge in [0.1, 0.15) is 5.60 Å². The van der Waals surface area contributed by atoms with E-state index in [2.05, 4.69) is 10.2 Å². The van der Waals surface area contributed by atoms with Gasteiger partial charge in [-0.2, -0.15) is 0 Å². The largest absolute Gasteiger partial charge is 0.444 e. The lowest BCUT2D eigenvalue weighted by atomic mass is 9.97. The number of carbonyl (C=O) groups excluding carboxylic acids is 2. The first-order chi connectivity index (χ1) is 15.1. The van der Waals surface area contributed by atoms with Crippen LogP contribution in [0.4, 0.5) is 4.79 Å². The van der Waals surface area contributed by atoms with Gasteiger partial charge in [0.05, 0.1) is 0 Å². The van der Waals surface area contributed by atoms with E-state index in [1.807, 2.05) is 56.9 Å². The van der Waals surface area contributed by atoms with Crippen LogP contribution in [-0.4, -0.2) is 64.3 Å². The number of piperidine rings is 1. The number of benzene rings is 1. The van der Waals surface area contributed by atoms with Gasteiger partial charge >= 0.3 is 6.09 Å². The highest BCUT2D eigenvalue weighted by Gasteiger charge is 2.27. The fraction of sp³-hybridized carbons (Fsp3) is 0.583. The van der Waals surface area contributed by atoms with Crippen LogP contribution in [0.5, 0.6) is 0 Å². The Morgan fingerprint density at radius 2 is 1.94 bits per heavy atom. The molecule has 1 unspecified atom stereocenters. The van der Waals surface area contributed by atoms with Gasteiger partial charge in [0.15, 0.2) is 0 Å². The van der Waals surface area contributed by atoms with Gasteiger partial charge in [-0.1, -0.05) is 17.7 Å². The number of rotatable bonds is 6. The summed E-state index contributed by atoms with van der Waals surface area (Å²) >= 11 is 0. The van der Waals surface area contributed by atoms with Gasteiger partial charge in [-0.15, -0.1) is 10.2 Å². The quantitative estimate of drug-likeness (QED) is 0.670. The molecule has 1 aliphatic heterocycles. The average Bonchev–Trinajstić information content (AvgIpc) is 3.20. The summed E-state index contributed by atoms with van der Waals surface area (Å²) in [5, 5.41) is 8.19. The molecule has 1 fully saturated rings. The van der Waals surface area contributed by atoms with Crippen molar-refractivity contribution >= 4 is 12.0 Å². The minimum atomic E-state index is -0.520. The van der Waals surface area contributed by atoms with Gasteiger partial charge < -0.3 is 19.0 Å². The second-order valence-electron chi connectivity index (χ2n) is 9.58. The van der Waals surface area contributed by atoms with E-state index in [1.54, 1.807) is 11.9 Å². The molecule has 174 valence electrons. The van der Waals surface area contributed by atoms with Gasteiger partial charge in [-0.25, -0.2) is 4.79 Å². The normalized spacial score (nSPS) is 16.7. The third-order valence-electron chi connectivity index (χ3n) is 5.43. The lowest BCUT2D eigenvalue weighted by molar-refractivity contribution is -0.133. The van der Waals surface area contributed by atoms with Crippen LogP contribution in [-0.2, 0) is 16.0 Å². The summed E-state index contributed by atoms with van der Waals surface area (Å²) in [6, 6.07) is 7.88. The van der Waals surface area contributed by atoms with Crippen molar-refractivity contribution in [1.82, 2.24) is 20.0 Å². The van der Waals surface area contributed by atoms with Crippen molar-refractivity contribution in [1.29, 1.82) is 0 Å². The number of hydrogen-bond acceptors (Lipinski definition) is 6. The van der Waals surface area contributed by atoms with Crippen molar-refractivity contribution in [3.63, 3.8) is 0 Å². The molecule has 32 heavy (non-hydrogen) atoms. The fourth-order valence-electron chi connectivity index (χ4n) is 3.78. The molecule has 2 amide bonds. The van der Waals surface area contributed by atoms with E-state index in [9.17, 15) is 9.59 Å². The first-order valence-electron chi connectivity index (χ1n) is 11.2. The van der Waals surface area contributed by atoms with E-state index < -0.39 is 5.60 Å². The number of hydrogen-bond donors (Lipinski definition) is 0. The Morgan fingerprint density at radius 3 is 2.62 bits per heavy atom. The van der Waals surface area contributed by atoms with E-state index >= 15 is 0 Å². The van der Waals surface area contributed by atoms with E-state index in [-0.39, 0.29) is 17.9 Å². The molecule has 3 rings (SSSR count). The van der Waals surface area contributed by atoms with Crippen LogP contribution in [0.2, 0.25) is 0 Å². The van der Waals surface area contributed by atoms with Crippen molar-refractivity contribution in [2.45, 2.75) is 59.0 Å². The smallest absolute Gasteiger partial charge is 0.410 e. The third kappa shape index (κ3) is 6.80. The highest BCUT2D eigenvalue weighted by molar-refractivity contribution is 5.76. The summed E-state index contributed by atoms with van der Waals surface area (Å²) in [5.74, 6) is 1.24. The highest BCUT2D eigenvalue weighted by Crippen LogP contribution is 2.21. The molecule has 1 aromatic carbocycles. The van der Waals surface area contributed by atoms with Crippen LogP contribution in [0.15, 0.2) is 28.7 Å². The van der Waals surface area contributed by atoms with Crippen LogP contribution < -0.4 is 0 Å². The number of amides is 2. The molecule has 1 aliphatic rings. The molecular formula is C24H34N4O4. The van der Waals surface area contributed by atoms with Crippen molar-refractivity contribution in [3.8, 4) is 11.5 Å². The molecule has 1 aromatic heterocycles. The average molecular weight is 443 g/mol. The maximum Gasteiger partial charge on any atom is 0.410 e. The van der Waals surface area contributed by atoms with Crippen LogP contribution in [0, 0.1) is 12.8 Å². The molecule has 0 saturated carbocycles. The van der Waals surface area contributed by atoms with Crippen molar-refractivity contribution < 1.29 is 18.7 Å². The summed E-state index contributed by atoms with van der Waals surface area (Å²) in [4.78, 5) is 28.5. The Hall–Kier alpha value is -2.90. The summed E-state index contributed by atoms with van der Waals surface area (Å²) in [6.07, 6.45) is 2.32. The first-order valence-corrected chi connectivity index (χ1v) is 11.2. The number of ether oxygens (including phenoxy) is 1. The summed E-state index contributed by atoms with van der Waals surface area (Å²) < 4.78 is 11.2. The Morgan fingerprint density at radius 1 is 1.22 bits per heavy atom. The minimum absolute atomic E-state index is 0.0738. The van der Waals surface area contributed by atoms with Crippen LogP contribution in [0.1, 0.15) is 51.5 Å². The monoisotopic (exact) mass is 442 g/mol. The summed E-state index contributed by atoms with van der Waals surface area (Å²) in [7, 11) is 1.75. The molecule has 0 N–H and O–H groups in total. The molecule has 0 bridgehead atoms. The maximum absolute atomic E-state index is 12.8. The summed E-state index contributed by atoms with van der Waals surface area (Å²) in [6.45, 7) is 9.54. The molecule has 0 spiro atoms. The molecule has 2 heterocycles. The van der Waals surface area contributed by atoms with Crippen LogP contribution >= 0.6 is 0 Å². The lowest BCUT2D eigenvalue weighted by Gasteiger charge is -2.35. The maximum atomic E-state index is 12.8. The number of carbonyl (C=O) groups is 2. The highest BCUT2D eigenvalue weighted by atomic mass is 16.6. The zero-order valence-corrected chi connectivity index (χ0v) is 19.8. The van der Waals surface area contributed by atoms with Crippen molar-refractivity contribution in [2.24, 2.45) is 5.92 Å². The van der Waals surface area contributed by atoms with E-state index in [1.165, 1.54) is 0 Å². The molecule has 8 nitrogen and oxygen atoms in total. The molecule has 1 saturated heterocycles. The zero-order chi connectivity index (χ0) is 23.3. The molecule has 2 aromatic rings. The second kappa shape index (κ2) is 10.1. The standard InChI is InChI=1S/C24H34N4O4/c1-17-8-10-19(11-9-17)22-26-25-20(31-22)12-13-21(29)28-14-6-7-18(16-28)15-27(5)23(30)32-24(2,3)4/h8-11,18H,6-7,12-16H2,1-5H3. The predicted molar refractivity (Wildman–Crippen MR) is 121 cm³/mol. The molecule has 8 heteroatoms. The Labute approximate surface area is 189 Å². The van der Waals surface area contributed by atoms with E-state index in [0.29, 0.717) is 37.7 Å². The van der Waals surface area contributed by atoms with Gasteiger partial charge in [-0.05, 0) is 58.6 Å². The van der Waals surface area contributed by atoms with Crippen molar-refractivity contribution in [2.75, 3.05) is 26.7 Å². The zero-order valence-electron chi connectivity index (χ0n) is 19.8. The Kier molecular flexibility index (Phi) is 7.53. The predicted octanol–water partition coefficient (Wildman–Crippen LogP) is 4.08. The fourth-order valence-corrected chi connectivity index (χ4v) is 3.78. The van der Waals surface area contributed by atoms with Gasteiger partial charge in [0.2, 0.25) is 17.7 Å². The first kappa shape index (κ1) is 23.8. The third-order valence-corrected chi connectivity index (χ3v) is 5.43. The van der Waals surface area contributed by atoms with Crippen LogP contribution in [0.25, 0.3) is 11.5 Å². The second-order valence-corrected chi connectivity index (χ2v) is 9.58. The number of aryl methyl sites for hydroxylation is 2. The van der Waals surface area contributed by atoms with Crippen molar-refractivity contribution in [3.05, 3.63) is 35.7 Å². The molecule has 0 radical (unpaired) electrons. The van der Waals surface area contributed by atoms with Gasteiger partial charge in [0.25, 0.3) is 0 Å². The van der Waals surface area contributed by atoms with E-state index in [4.69, 9.17) is 9.15 Å². The van der Waals surface area contributed by atoms with E-state index in [0.717, 1.165) is 30.5 Å². The van der Waals surface area contributed by atoms with Gasteiger partial charge in [0, 0.05) is 45.1 Å². The minimum Gasteiger partial charge on any atom is -0.444 e. The Bertz CT molecular complexity index is 917. The Balaban J connectivity index is 1.48. The molecular weight excluding hydrogens is 408 g/mol. The summed E-state index contributed by atoms with van der Waals surface area (Å²) in [5.41, 5.74) is 1.51. The molecule has 0 aliphatic carbocycles. The van der Waals surface area contributed by atoms with Gasteiger partial charge in [-0.3, -0.25) is 4.79 Å². The number of nitrogens with zero attached hydrogens (tertiary/aromatic N) is 4.